The summed E-state index contributed by atoms with van der Waals surface area (Å²) < 4.78 is 11.1. The summed E-state index contributed by atoms with van der Waals surface area (Å²) in [5.41, 5.74) is 0. The average molecular weight is 402 g/mol. The van der Waals surface area contributed by atoms with Crippen molar-refractivity contribution in [3.8, 4) is 11.5 Å². The predicted molar refractivity (Wildman–Crippen MR) is 104 cm³/mol. The van der Waals surface area contributed by atoms with Crippen LogP contribution in [0.2, 0.25) is 0 Å². The molecule has 7 heteroatoms. The maximum Gasteiger partial charge on any atom is 0.303 e. The number of carboxylic acids is 1. The Morgan fingerprint density at radius 3 is 2.55 bits per heavy atom. The van der Waals surface area contributed by atoms with Gasteiger partial charge in [-0.15, -0.1) is 0 Å². The molecular formula is C22H26O7. The van der Waals surface area contributed by atoms with Gasteiger partial charge in [0.2, 0.25) is 0 Å². The highest BCUT2D eigenvalue weighted by molar-refractivity contribution is 5.84. The smallest absolute Gasteiger partial charge is 0.303 e. The van der Waals surface area contributed by atoms with Crippen LogP contribution in [0, 0.1) is 11.8 Å². The molecule has 0 aromatic heterocycles. The molecule has 0 spiro atoms. The number of rotatable bonds is 9. The van der Waals surface area contributed by atoms with Crippen molar-refractivity contribution in [3.05, 3.63) is 48.6 Å². The van der Waals surface area contributed by atoms with Gasteiger partial charge >= 0.3 is 5.97 Å². The molecule has 1 aliphatic carbocycles. The number of fused-ring (bicyclic) bond motifs is 1. The van der Waals surface area contributed by atoms with Gasteiger partial charge in [0.1, 0.15) is 11.9 Å². The van der Waals surface area contributed by atoms with Crippen molar-refractivity contribution in [2.45, 2.75) is 50.6 Å². The third-order valence-electron chi connectivity index (χ3n) is 5.20. The first-order chi connectivity index (χ1) is 14.0. The molecule has 156 valence electrons. The number of ketones is 1. The van der Waals surface area contributed by atoms with Crippen LogP contribution in [0.15, 0.2) is 48.6 Å². The second-order valence-corrected chi connectivity index (χ2v) is 7.34. The lowest BCUT2D eigenvalue weighted by molar-refractivity contribution is -0.137. The topological polar surface area (TPSA) is 113 Å². The zero-order valence-corrected chi connectivity index (χ0v) is 16.0. The summed E-state index contributed by atoms with van der Waals surface area (Å²) in [6, 6.07) is 7.13. The highest BCUT2D eigenvalue weighted by Crippen LogP contribution is 2.36. The molecule has 0 saturated heterocycles. The molecular weight excluding hydrogens is 376 g/mol. The number of carboxylic acid groups (broad SMARTS) is 1. The fourth-order valence-corrected chi connectivity index (χ4v) is 3.65. The Bertz CT molecular complexity index is 760. The van der Waals surface area contributed by atoms with Crippen molar-refractivity contribution in [1.82, 2.24) is 0 Å². The van der Waals surface area contributed by atoms with Gasteiger partial charge in [-0.05, 0) is 31.4 Å². The van der Waals surface area contributed by atoms with E-state index in [-0.39, 0.29) is 24.5 Å². The third-order valence-corrected chi connectivity index (χ3v) is 5.20. The molecule has 0 unspecified atom stereocenters. The Balaban J connectivity index is 1.54. The Labute approximate surface area is 169 Å². The Hall–Kier alpha value is -2.64. The summed E-state index contributed by atoms with van der Waals surface area (Å²) in [7, 11) is 0. The summed E-state index contributed by atoms with van der Waals surface area (Å²) in [6.45, 7) is 0. The number of para-hydroxylation sites is 2. The lowest BCUT2D eigenvalue weighted by atomic mass is 9.90. The van der Waals surface area contributed by atoms with Gasteiger partial charge in [0.25, 0.3) is 6.29 Å². The van der Waals surface area contributed by atoms with E-state index in [9.17, 15) is 19.8 Å². The van der Waals surface area contributed by atoms with Gasteiger partial charge in [0, 0.05) is 24.7 Å². The second-order valence-electron chi connectivity index (χ2n) is 7.34. The normalized spacial score (nSPS) is 25.3. The predicted octanol–water partition coefficient (Wildman–Crippen LogP) is 2.47. The molecule has 1 fully saturated rings. The number of aliphatic carboxylic acids is 1. The number of aliphatic hydroxyl groups is 2. The van der Waals surface area contributed by atoms with Crippen LogP contribution in [-0.2, 0) is 9.59 Å². The van der Waals surface area contributed by atoms with E-state index < -0.39 is 30.4 Å². The minimum Gasteiger partial charge on any atom is -0.481 e. The summed E-state index contributed by atoms with van der Waals surface area (Å²) >= 11 is 0. The van der Waals surface area contributed by atoms with E-state index in [2.05, 4.69) is 0 Å². The molecule has 2 aliphatic rings. The number of hydrogen-bond donors (Lipinski definition) is 3. The van der Waals surface area contributed by atoms with E-state index in [4.69, 9.17) is 14.6 Å². The van der Waals surface area contributed by atoms with Crippen molar-refractivity contribution in [3.63, 3.8) is 0 Å². The van der Waals surface area contributed by atoms with Gasteiger partial charge < -0.3 is 24.8 Å². The van der Waals surface area contributed by atoms with Gasteiger partial charge in [-0.3, -0.25) is 9.59 Å². The average Bonchev–Trinajstić information content (AvgIpc) is 3.23. The second kappa shape index (κ2) is 9.71. The summed E-state index contributed by atoms with van der Waals surface area (Å²) in [4.78, 5) is 22.7. The molecule has 29 heavy (non-hydrogen) atoms. The molecule has 0 radical (unpaired) electrons. The number of Topliss-reactive ketones (excluding diaryl/α,β-unsaturated/α-hetero) is 1. The Kier molecular flexibility index (Phi) is 7.06. The molecule has 1 aromatic carbocycles. The molecule has 0 bridgehead atoms. The maximum absolute atomic E-state index is 12.2. The van der Waals surface area contributed by atoms with Gasteiger partial charge in [-0.2, -0.15) is 0 Å². The summed E-state index contributed by atoms with van der Waals surface area (Å²) in [5.74, 6) is -0.484. The van der Waals surface area contributed by atoms with E-state index >= 15 is 0 Å². The largest absolute Gasteiger partial charge is 0.481 e. The molecule has 1 saturated carbocycles. The van der Waals surface area contributed by atoms with Crippen molar-refractivity contribution in [1.29, 1.82) is 0 Å². The molecule has 0 amide bonds. The number of ether oxygens (including phenoxy) is 2. The number of carbonyl (C=O) groups is 2. The first-order valence-corrected chi connectivity index (χ1v) is 9.82. The van der Waals surface area contributed by atoms with Gasteiger partial charge in [0.15, 0.2) is 11.5 Å². The standard InChI is InChI=1S/C22H26O7/c23-16(22-28-19-8-5-6-9-20(19)29-22)12-11-15-14(17(24)13-18(15)25)7-3-1-2-4-10-21(26)27/h1,3,5-6,8-9,11-12,14-16,18,22-23,25H,2,4,7,10,13H2,(H,26,27)/b3-1-,12-11+/t14-,15-,16+,18-/m1/s1. The maximum atomic E-state index is 12.2. The number of benzene rings is 1. The van der Waals surface area contributed by atoms with Crippen LogP contribution in [0.3, 0.4) is 0 Å². The first-order valence-electron chi connectivity index (χ1n) is 9.82. The quantitative estimate of drug-likeness (QED) is 0.429. The van der Waals surface area contributed by atoms with E-state index in [0.717, 1.165) is 0 Å². The van der Waals surface area contributed by atoms with E-state index in [0.29, 0.717) is 30.8 Å². The van der Waals surface area contributed by atoms with Crippen LogP contribution in [0.5, 0.6) is 11.5 Å². The van der Waals surface area contributed by atoms with E-state index in [1.165, 1.54) is 6.08 Å². The van der Waals surface area contributed by atoms with Crippen molar-refractivity contribution in [2.24, 2.45) is 11.8 Å². The summed E-state index contributed by atoms with van der Waals surface area (Å²) in [5, 5.41) is 29.3. The first kappa shape index (κ1) is 21.1. The Morgan fingerprint density at radius 2 is 1.90 bits per heavy atom. The fraction of sp³-hybridized carbons (Fsp3) is 0.455. The number of aliphatic hydroxyl groups excluding tert-OH is 2. The van der Waals surface area contributed by atoms with Crippen LogP contribution in [0.25, 0.3) is 0 Å². The molecule has 3 rings (SSSR count). The number of hydrogen-bond acceptors (Lipinski definition) is 6. The summed E-state index contributed by atoms with van der Waals surface area (Å²) in [6.07, 6.45) is 6.05. The van der Waals surface area contributed by atoms with Crippen molar-refractivity contribution < 1.29 is 34.4 Å². The molecule has 3 N–H and O–H groups in total. The van der Waals surface area contributed by atoms with E-state index in [1.54, 1.807) is 18.2 Å². The van der Waals surface area contributed by atoms with Crippen molar-refractivity contribution >= 4 is 11.8 Å². The monoisotopic (exact) mass is 402 g/mol. The molecule has 7 nitrogen and oxygen atoms in total. The SMILES string of the molecule is O=C(O)CCC/C=C\C[C@H]1C(=O)C[C@@H](O)[C@@H]1/C=C/[C@H](O)C1Oc2ccccc2O1. The number of unbranched alkanes of at least 4 members (excludes halogenated alkanes) is 1. The van der Waals surface area contributed by atoms with Gasteiger partial charge in [-0.25, -0.2) is 0 Å². The van der Waals surface area contributed by atoms with Crippen molar-refractivity contribution in [2.75, 3.05) is 0 Å². The van der Waals surface area contributed by atoms with Gasteiger partial charge in [-0.1, -0.05) is 36.4 Å². The lowest BCUT2D eigenvalue weighted by Crippen LogP contribution is -2.32. The number of carbonyl (C=O) groups excluding carboxylic acids is 1. The van der Waals surface area contributed by atoms with Crippen LogP contribution < -0.4 is 9.47 Å². The molecule has 1 aliphatic heterocycles. The zero-order valence-electron chi connectivity index (χ0n) is 16.0. The molecule has 4 atom stereocenters. The molecule has 1 aromatic rings. The minimum absolute atomic E-state index is 0.0161. The van der Waals surface area contributed by atoms with Crippen LogP contribution in [0.1, 0.15) is 32.1 Å². The highest BCUT2D eigenvalue weighted by atomic mass is 16.7. The van der Waals surface area contributed by atoms with Crippen LogP contribution >= 0.6 is 0 Å². The zero-order chi connectivity index (χ0) is 20.8. The van der Waals surface area contributed by atoms with Crippen LogP contribution in [0.4, 0.5) is 0 Å². The third kappa shape index (κ3) is 5.46. The van der Waals surface area contributed by atoms with Gasteiger partial charge in [0.05, 0.1) is 6.10 Å². The van der Waals surface area contributed by atoms with Crippen LogP contribution in [-0.4, -0.2) is 45.6 Å². The number of allylic oxidation sites excluding steroid dienone is 2. The Morgan fingerprint density at radius 1 is 1.21 bits per heavy atom. The molecule has 1 heterocycles. The lowest BCUT2D eigenvalue weighted by Gasteiger charge is -2.18. The fourth-order valence-electron chi connectivity index (χ4n) is 3.65. The highest BCUT2D eigenvalue weighted by Gasteiger charge is 2.39. The minimum atomic E-state index is -1.04. The van der Waals surface area contributed by atoms with E-state index in [1.807, 2.05) is 24.3 Å².